The zero-order valence-electron chi connectivity index (χ0n) is 16.8. The minimum atomic E-state index is -0.536. The monoisotopic (exact) mass is 466 g/mol. The lowest BCUT2D eigenvalue weighted by atomic mass is 9.83. The number of hydrogen-bond acceptors (Lipinski definition) is 6. The van der Waals surface area contributed by atoms with Gasteiger partial charge in [0.1, 0.15) is 28.9 Å². The molecule has 1 heterocycles. The Labute approximate surface area is 194 Å². The minimum absolute atomic E-state index is 0.0327. The van der Waals surface area contributed by atoms with Crippen LogP contribution in [0.3, 0.4) is 0 Å². The second-order valence-corrected chi connectivity index (χ2v) is 7.73. The van der Waals surface area contributed by atoms with Crippen LogP contribution in [0.15, 0.2) is 72.1 Å². The number of nitrogens with zero attached hydrogens (tertiary/aromatic N) is 1. The third kappa shape index (κ3) is 4.09. The van der Waals surface area contributed by atoms with Crippen molar-refractivity contribution in [1.29, 1.82) is 5.26 Å². The summed E-state index contributed by atoms with van der Waals surface area (Å²) in [6.45, 7) is 0. The number of ether oxygens (including phenoxy) is 3. The molecule has 1 atom stereocenters. The Balaban J connectivity index is 1.67. The van der Waals surface area contributed by atoms with E-state index in [1.54, 1.807) is 67.8 Å². The molecule has 0 saturated carbocycles. The zero-order valence-corrected chi connectivity index (χ0v) is 18.3. The molecule has 6 nitrogen and oxygen atoms in total. The molecule has 8 heteroatoms. The van der Waals surface area contributed by atoms with Gasteiger partial charge in [0.25, 0.3) is 0 Å². The SMILES string of the molecule is COc1ccc(C(=O)Oc2ccc3c(c2)OC(N)=C(C#N)C3c2ccc(Cl)c(Cl)c2)cc1. The normalized spacial score (nSPS) is 14.8. The Kier molecular flexibility index (Phi) is 5.95. The van der Waals surface area contributed by atoms with Gasteiger partial charge in [-0.25, -0.2) is 4.79 Å². The van der Waals surface area contributed by atoms with Gasteiger partial charge in [-0.15, -0.1) is 0 Å². The Hall–Kier alpha value is -3.66. The van der Waals surface area contributed by atoms with E-state index in [0.717, 1.165) is 5.56 Å². The zero-order chi connectivity index (χ0) is 22.8. The van der Waals surface area contributed by atoms with Crippen molar-refractivity contribution >= 4 is 29.2 Å². The largest absolute Gasteiger partial charge is 0.497 e. The summed E-state index contributed by atoms with van der Waals surface area (Å²) in [7, 11) is 1.55. The highest BCUT2D eigenvalue weighted by Gasteiger charge is 2.31. The van der Waals surface area contributed by atoms with Crippen LogP contribution in [0.2, 0.25) is 10.0 Å². The van der Waals surface area contributed by atoms with E-state index in [2.05, 4.69) is 6.07 Å². The van der Waals surface area contributed by atoms with Crippen molar-refractivity contribution in [3.05, 3.63) is 98.9 Å². The highest BCUT2D eigenvalue weighted by atomic mass is 35.5. The van der Waals surface area contributed by atoms with E-state index in [9.17, 15) is 10.1 Å². The fourth-order valence-electron chi connectivity index (χ4n) is 3.43. The quantitative estimate of drug-likeness (QED) is 0.406. The van der Waals surface area contributed by atoms with Gasteiger partial charge in [0.15, 0.2) is 0 Å². The number of allylic oxidation sites excluding steroid dienone is 1. The summed E-state index contributed by atoms with van der Waals surface area (Å²) in [4.78, 5) is 12.5. The van der Waals surface area contributed by atoms with Crippen LogP contribution in [0, 0.1) is 11.3 Å². The number of hydrogen-bond donors (Lipinski definition) is 1. The summed E-state index contributed by atoms with van der Waals surface area (Å²) in [5.74, 6) is 0.195. The van der Waals surface area contributed by atoms with Crippen molar-refractivity contribution in [2.24, 2.45) is 5.73 Å². The standard InChI is InChI=1S/C24H16Cl2N2O4/c1-30-15-5-2-13(3-6-15)24(29)31-16-7-8-17-21(11-16)32-23(28)18(12-27)22(17)14-4-9-19(25)20(26)10-14/h2-11,22H,28H2,1H3. The second-order valence-electron chi connectivity index (χ2n) is 6.92. The van der Waals surface area contributed by atoms with Gasteiger partial charge in [-0.1, -0.05) is 35.3 Å². The number of nitrogens with two attached hydrogens (primary N) is 1. The number of fused-ring (bicyclic) bond motifs is 1. The number of methoxy groups -OCH3 is 1. The molecule has 0 amide bonds. The smallest absolute Gasteiger partial charge is 0.343 e. The molecule has 1 unspecified atom stereocenters. The van der Waals surface area contributed by atoms with Crippen LogP contribution in [0.1, 0.15) is 27.4 Å². The highest BCUT2D eigenvalue weighted by Crippen LogP contribution is 2.44. The van der Waals surface area contributed by atoms with Crippen LogP contribution in [0.5, 0.6) is 17.2 Å². The number of esters is 1. The van der Waals surface area contributed by atoms with Crippen LogP contribution in [0.4, 0.5) is 0 Å². The molecule has 0 bridgehead atoms. The summed E-state index contributed by atoms with van der Waals surface area (Å²) in [6.07, 6.45) is 0. The van der Waals surface area contributed by atoms with E-state index in [1.807, 2.05) is 0 Å². The number of carbonyl (C=O) groups excluding carboxylic acids is 1. The lowest BCUT2D eigenvalue weighted by Gasteiger charge is -2.27. The molecule has 0 saturated heterocycles. The summed E-state index contributed by atoms with van der Waals surface area (Å²) < 4.78 is 16.2. The van der Waals surface area contributed by atoms with Crippen molar-refractivity contribution in [3.63, 3.8) is 0 Å². The van der Waals surface area contributed by atoms with Gasteiger partial charge < -0.3 is 19.9 Å². The average Bonchev–Trinajstić information content (AvgIpc) is 2.80. The van der Waals surface area contributed by atoms with E-state index in [0.29, 0.717) is 32.7 Å². The van der Waals surface area contributed by atoms with Crippen LogP contribution in [0.25, 0.3) is 0 Å². The molecule has 0 radical (unpaired) electrons. The lowest BCUT2D eigenvalue weighted by Crippen LogP contribution is -2.21. The third-order valence-electron chi connectivity index (χ3n) is 5.00. The number of carbonyl (C=O) groups is 1. The molecule has 0 spiro atoms. The van der Waals surface area contributed by atoms with Crippen molar-refractivity contribution < 1.29 is 19.0 Å². The van der Waals surface area contributed by atoms with Gasteiger partial charge in [0.05, 0.1) is 28.6 Å². The molecule has 0 aromatic heterocycles. The van der Waals surface area contributed by atoms with Crippen molar-refractivity contribution in [2.45, 2.75) is 5.92 Å². The maximum Gasteiger partial charge on any atom is 0.343 e. The topological polar surface area (TPSA) is 94.6 Å². The molecule has 160 valence electrons. The Bertz CT molecular complexity index is 1280. The molecule has 32 heavy (non-hydrogen) atoms. The number of benzene rings is 3. The summed E-state index contributed by atoms with van der Waals surface area (Å²) >= 11 is 12.2. The average molecular weight is 467 g/mol. The number of nitriles is 1. The highest BCUT2D eigenvalue weighted by molar-refractivity contribution is 6.42. The second kappa shape index (κ2) is 8.83. The van der Waals surface area contributed by atoms with E-state index >= 15 is 0 Å². The van der Waals surface area contributed by atoms with Crippen LogP contribution in [-0.4, -0.2) is 13.1 Å². The van der Waals surface area contributed by atoms with Gasteiger partial charge in [0.2, 0.25) is 5.88 Å². The predicted octanol–water partition coefficient (Wildman–Crippen LogP) is 5.44. The van der Waals surface area contributed by atoms with Crippen molar-refractivity contribution in [2.75, 3.05) is 7.11 Å². The van der Waals surface area contributed by atoms with E-state index < -0.39 is 11.9 Å². The first kappa shape index (κ1) is 21.6. The fraction of sp³-hybridized carbons (Fsp3) is 0.0833. The van der Waals surface area contributed by atoms with E-state index in [4.69, 9.17) is 43.1 Å². The first-order valence-electron chi connectivity index (χ1n) is 9.44. The van der Waals surface area contributed by atoms with Gasteiger partial charge in [0, 0.05) is 11.6 Å². The van der Waals surface area contributed by atoms with E-state index in [1.165, 1.54) is 0 Å². The number of rotatable bonds is 4. The molecule has 0 fully saturated rings. The first-order valence-corrected chi connectivity index (χ1v) is 10.2. The minimum Gasteiger partial charge on any atom is -0.497 e. The Morgan fingerprint density at radius 2 is 1.75 bits per heavy atom. The van der Waals surface area contributed by atoms with Crippen molar-refractivity contribution in [1.82, 2.24) is 0 Å². The molecule has 4 rings (SSSR count). The summed E-state index contributed by atoms with van der Waals surface area (Å²) in [6, 6.07) is 18.7. The Morgan fingerprint density at radius 3 is 2.41 bits per heavy atom. The van der Waals surface area contributed by atoms with Crippen LogP contribution in [-0.2, 0) is 0 Å². The van der Waals surface area contributed by atoms with Gasteiger partial charge >= 0.3 is 5.97 Å². The molecule has 3 aromatic rings. The molecular formula is C24H16Cl2N2O4. The first-order chi connectivity index (χ1) is 15.4. The van der Waals surface area contributed by atoms with Crippen LogP contribution < -0.4 is 19.9 Å². The molecule has 1 aliphatic heterocycles. The fourth-order valence-corrected chi connectivity index (χ4v) is 3.73. The molecule has 2 N–H and O–H groups in total. The Morgan fingerprint density at radius 1 is 1.03 bits per heavy atom. The third-order valence-corrected chi connectivity index (χ3v) is 5.74. The van der Waals surface area contributed by atoms with E-state index in [-0.39, 0.29) is 17.2 Å². The maximum atomic E-state index is 12.5. The number of halogens is 2. The van der Waals surface area contributed by atoms with Crippen molar-refractivity contribution in [3.8, 4) is 23.3 Å². The molecule has 0 aliphatic carbocycles. The lowest BCUT2D eigenvalue weighted by molar-refractivity contribution is 0.0734. The van der Waals surface area contributed by atoms with Crippen LogP contribution >= 0.6 is 23.2 Å². The predicted molar refractivity (Wildman–Crippen MR) is 120 cm³/mol. The van der Waals surface area contributed by atoms with Gasteiger partial charge in [-0.05, 0) is 48.0 Å². The summed E-state index contributed by atoms with van der Waals surface area (Å²) in [5.41, 5.74) is 8.05. The summed E-state index contributed by atoms with van der Waals surface area (Å²) in [5, 5.41) is 10.4. The van der Waals surface area contributed by atoms with Gasteiger partial charge in [-0.2, -0.15) is 5.26 Å². The molecule has 1 aliphatic rings. The maximum absolute atomic E-state index is 12.5. The van der Waals surface area contributed by atoms with Gasteiger partial charge in [-0.3, -0.25) is 0 Å². The molecular weight excluding hydrogens is 451 g/mol. The molecule has 3 aromatic carbocycles.